The molecule has 0 amide bonds. The number of hydrogen-bond donors (Lipinski definition) is 1. The lowest BCUT2D eigenvalue weighted by Gasteiger charge is -1.99. The minimum absolute atomic E-state index is 0.0721. The topological polar surface area (TPSA) is 69.0 Å². The summed E-state index contributed by atoms with van der Waals surface area (Å²) in [6.45, 7) is 1.26. The van der Waals surface area contributed by atoms with Crippen molar-refractivity contribution in [3.8, 4) is 10.6 Å². The Morgan fingerprint density at radius 1 is 1.50 bits per heavy atom. The molecule has 7 heteroatoms. The molecule has 2 rings (SSSR count). The van der Waals surface area contributed by atoms with Crippen LogP contribution in [0.4, 0.5) is 5.13 Å². The van der Waals surface area contributed by atoms with Gasteiger partial charge in [0.05, 0.1) is 12.2 Å². The van der Waals surface area contributed by atoms with Crippen LogP contribution in [0.2, 0.25) is 0 Å². The standard InChI is InChI=1S/C11H14N4O2S/c1-15-6-3-4-8(10(15)16)9-13-14-11(18-9)12-5-7-17-2/h3-4,6H,5,7H2,1-2H3,(H,12,14). The first-order valence-corrected chi connectivity index (χ1v) is 6.26. The molecule has 6 nitrogen and oxygen atoms in total. The van der Waals surface area contributed by atoms with E-state index in [-0.39, 0.29) is 5.56 Å². The van der Waals surface area contributed by atoms with E-state index >= 15 is 0 Å². The zero-order valence-corrected chi connectivity index (χ0v) is 11.0. The van der Waals surface area contributed by atoms with Gasteiger partial charge in [-0.2, -0.15) is 0 Å². The molecule has 0 aliphatic carbocycles. The van der Waals surface area contributed by atoms with Crippen LogP contribution in [-0.4, -0.2) is 35.0 Å². The summed E-state index contributed by atoms with van der Waals surface area (Å²) in [5, 5.41) is 12.4. The van der Waals surface area contributed by atoms with Crippen LogP contribution in [-0.2, 0) is 11.8 Å². The van der Waals surface area contributed by atoms with Gasteiger partial charge in [-0.1, -0.05) is 11.3 Å². The summed E-state index contributed by atoms with van der Waals surface area (Å²) in [5.41, 5.74) is 0.495. The number of ether oxygens (including phenoxy) is 1. The van der Waals surface area contributed by atoms with Gasteiger partial charge in [0, 0.05) is 26.9 Å². The van der Waals surface area contributed by atoms with Crippen LogP contribution in [0, 0.1) is 0 Å². The summed E-state index contributed by atoms with van der Waals surface area (Å²) in [6.07, 6.45) is 1.71. The largest absolute Gasteiger partial charge is 0.383 e. The summed E-state index contributed by atoms with van der Waals surface area (Å²) < 4.78 is 6.45. The van der Waals surface area contributed by atoms with E-state index in [9.17, 15) is 4.79 Å². The number of nitrogens with zero attached hydrogens (tertiary/aromatic N) is 3. The van der Waals surface area contributed by atoms with Gasteiger partial charge in [-0.05, 0) is 12.1 Å². The van der Waals surface area contributed by atoms with Gasteiger partial charge in [-0.3, -0.25) is 4.79 Å². The molecular formula is C11H14N4O2S. The van der Waals surface area contributed by atoms with E-state index in [0.29, 0.717) is 28.9 Å². The number of pyridine rings is 1. The molecule has 96 valence electrons. The summed E-state index contributed by atoms with van der Waals surface area (Å²) >= 11 is 1.36. The molecule has 0 radical (unpaired) electrons. The normalized spacial score (nSPS) is 10.6. The first kappa shape index (κ1) is 12.7. The smallest absolute Gasteiger partial charge is 0.260 e. The summed E-state index contributed by atoms with van der Waals surface area (Å²) in [6, 6.07) is 3.57. The zero-order valence-electron chi connectivity index (χ0n) is 10.2. The molecule has 0 saturated carbocycles. The third kappa shape index (κ3) is 2.74. The number of methoxy groups -OCH3 is 1. The summed E-state index contributed by atoms with van der Waals surface area (Å²) in [4.78, 5) is 11.9. The van der Waals surface area contributed by atoms with Crippen molar-refractivity contribution in [2.45, 2.75) is 0 Å². The highest BCUT2D eigenvalue weighted by molar-refractivity contribution is 7.18. The molecule has 2 heterocycles. The third-order valence-electron chi connectivity index (χ3n) is 2.36. The van der Waals surface area contributed by atoms with Crippen LogP contribution in [0.5, 0.6) is 0 Å². The fourth-order valence-corrected chi connectivity index (χ4v) is 2.21. The Labute approximate surface area is 108 Å². The van der Waals surface area contributed by atoms with Crippen LogP contribution >= 0.6 is 11.3 Å². The quantitative estimate of drug-likeness (QED) is 0.816. The van der Waals surface area contributed by atoms with Gasteiger partial charge in [-0.25, -0.2) is 0 Å². The van der Waals surface area contributed by atoms with Gasteiger partial charge < -0.3 is 14.6 Å². The molecular weight excluding hydrogens is 252 g/mol. The highest BCUT2D eigenvalue weighted by Crippen LogP contribution is 2.23. The molecule has 2 aromatic rings. The molecule has 1 N–H and O–H groups in total. The molecule has 18 heavy (non-hydrogen) atoms. The molecule has 0 aromatic carbocycles. The average molecular weight is 266 g/mol. The Morgan fingerprint density at radius 2 is 2.33 bits per heavy atom. The first-order valence-electron chi connectivity index (χ1n) is 5.44. The fourth-order valence-electron chi connectivity index (χ4n) is 1.42. The van der Waals surface area contributed by atoms with Crippen LogP contribution in [0.3, 0.4) is 0 Å². The first-order chi connectivity index (χ1) is 8.72. The van der Waals surface area contributed by atoms with Gasteiger partial charge in [0.1, 0.15) is 0 Å². The lowest BCUT2D eigenvalue weighted by atomic mass is 10.3. The second-order valence-corrected chi connectivity index (χ2v) is 4.65. The Balaban J connectivity index is 2.19. The Hall–Kier alpha value is -1.73. The van der Waals surface area contributed by atoms with E-state index in [1.54, 1.807) is 26.4 Å². The van der Waals surface area contributed by atoms with Crippen molar-refractivity contribution in [3.05, 3.63) is 28.7 Å². The monoisotopic (exact) mass is 266 g/mol. The predicted molar refractivity (Wildman–Crippen MR) is 71.0 cm³/mol. The number of rotatable bonds is 5. The summed E-state index contributed by atoms with van der Waals surface area (Å²) in [5.74, 6) is 0. The van der Waals surface area contributed by atoms with Crippen molar-refractivity contribution >= 4 is 16.5 Å². The maximum absolute atomic E-state index is 11.9. The molecule has 0 atom stereocenters. The average Bonchev–Trinajstić information content (AvgIpc) is 2.82. The summed E-state index contributed by atoms with van der Waals surface area (Å²) in [7, 11) is 3.35. The van der Waals surface area contributed by atoms with Crippen molar-refractivity contribution < 1.29 is 4.74 Å². The van der Waals surface area contributed by atoms with Crippen LogP contribution in [0.15, 0.2) is 23.1 Å². The van der Waals surface area contributed by atoms with Crippen LogP contribution in [0.1, 0.15) is 0 Å². The highest BCUT2D eigenvalue weighted by Gasteiger charge is 2.10. The van der Waals surface area contributed by atoms with E-state index in [0.717, 1.165) is 0 Å². The molecule has 0 aliphatic rings. The molecule has 0 bridgehead atoms. The van der Waals surface area contributed by atoms with Crippen molar-refractivity contribution in [1.29, 1.82) is 0 Å². The highest BCUT2D eigenvalue weighted by atomic mass is 32.1. The lowest BCUT2D eigenvalue weighted by molar-refractivity contribution is 0.211. The van der Waals surface area contributed by atoms with Gasteiger partial charge in [0.25, 0.3) is 5.56 Å². The Kier molecular flexibility index (Phi) is 4.06. The van der Waals surface area contributed by atoms with E-state index in [1.807, 2.05) is 6.07 Å². The Bertz CT molecular complexity index is 578. The van der Waals surface area contributed by atoms with Gasteiger partial charge >= 0.3 is 0 Å². The lowest BCUT2D eigenvalue weighted by Crippen LogP contribution is -2.17. The number of aromatic nitrogens is 3. The SMILES string of the molecule is COCCNc1nnc(-c2cccn(C)c2=O)s1. The third-order valence-corrected chi connectivity index (χ3v) is 3.28. The van der Waals surface area contributed by atoms with E-state index in [2.05, 4.69) is 15.5 Å². The van der Waals surface area contributed by atoms with Crippen molar-refractivity contribution in [2.24, 2.45) is 7.05 Å². The minimum atomic E-state index is -0.0721. The maximum atomic E-state index is 11.9. The van der Waals surface area contributed by atoms with E-state index in [1.165, 1.54) is 15.9 Å². The second kappa shape index (κ2) is 5.74. The molecule has 2 aromatic heterocycles. The Morgan fingerprint density at radius 3 is 3.11 bits per heavy atom. The van der Waals surface area contributed by atoms with Crippen molar-refractivity contribution in [1.82, 2.24) is 14.8 Å². The van der Waals surface area contributed by atoms with Crippen LogP contribution in [0.25, 0.3) is 10.6 Å². The van der Waals surface area contributed by atoms with E-state index < -0.39 is 0 Å². The number of aryl methyl sites for hydroxylation is 1. The number of hydrogen-bond acceptors (Lipinski definition) is 6. The molecule has 0 aliphatic heterocycles. The molecule has 0 spiro atoms. The maximum Gasteiger partial charge on any atom is 0.260 e. The number of nitrogens with one attached hydrogen (secondary N) is 1. The molecule has 0 saturated heterocycles. The fraction of sp³-hybridized carbons (Fsp3) is 0.364. The predicted octanol–water partition coefficient (Wildman–Crippen LogP) is 0.962. The zero-order chi connectivity index (χ0) is 13.0. The number of anilines is 1. The van der Waals surface area contributed by atoms with Gasteiger partial charge in [0.2, 0.25) is 5.13 Å². The molecule has 0 unspecified atom stereocenters. The van der Waals surface area contributed by atoms with Crippen molar-refractivity contribution in [2.75, 3.05) is 25.6 Å². The second-order valence-electron chi connectivity index (χ2n) is 3.67. The van der Waals surface area contributed by atoms with Crippen molar-refractivity contribution in [3.63, 3.8) is 0 Å². The minimum Gasteiger partial charge on any atom is -0.383 e. The van der Waals surface area contributed by atoms with Gasteiger partial charge in [-0.15, -0.1) is 10.2 Å². The van der Waals surface area contributed by atoms with Gasteiger partial charge in [0.15, 0.2) is 5.01 Å². The molecule has 0 fully saturated rings. The van der Waals surface area contributed by atoms with E-state index in [4.69, 9.17) is 4.74 Å². The van der Waals surface area contributed by atoms with Crippen LogP contribution < -0.4 is 10.9 Å².